The predicted octanol–water partition coefficient (Wildman–Crippen LogP) is 2.41. The van der Waals surface area contributed by atoms with Crippen molar-refractivity contribution < 1.29 is 4.74 Å². The largest absolute Gasteiger partial charge is 0.383 e. The molecule has 1 saturated heterocycles. The Morgan fingerprint density at radius 2 is 2.06 bits per heavy atom. The van der Waals surface area contributed by atoms with Crippen LogP contribution < -0.4 is 5.32 Å². The summed E-state index contributed by atoms with van der Waals surface area (Å²) >= 11 is 0. The Bertz CT molecular complexity index is 231. The molecule has 2 atom stereocenters. The van der Waals surface area contributed by atoms with Gasteiger partial charge in [0.1, 0.15) is 0 Å². The number of ether oxygens (including phenoxy) is 1. The zero-order valence-corrected chi connectivity index (χ0v) is 12.2. The summed E-state index contributed by atoms with van der Waals surface area (Å²) in [5.74, 6) is 0. The van der Waals surface area contributed by atoms with Gasteiger partial charge in [0.2, 0.25) is 0 Å². The molecule has 106 valence electrons. The lowest BCUT2D eigenvalue weighted by molar-refractivity contribution is 0.0597. The van der Waals surface area contributed by atoms with E-state index in [2.05, 4.69) is 17.1 Å². The minimum Gasteiger partial charge on any atom is -0.383 e. The van der Waals surface area contributed by atoms with Crippen LogP contribution in [0.15, 0.2) is 0 Å². The maximum absolute atomic E-state index is 5.46. The second kappa shape index (κ2) is 7.46. The first-order valence-electron chi connectivity index (χ1n) is 7.83. The maximum Gasteiger partial charge on any atom is 0.0630 e. The summed E-state index contributed by atoms with van der Waals surface area (Å²) in [6, 6.07) is 2.14. The van der Waals surface area contributed by atoms with Crippen LogP contribution in [0.25, 0.3) is 0 Å². The van der Waals surface area contributed by atoms with E-state index in [-0.39, 0.29) is 0 Å². The van der Waals surface area contributed by atoms with Crippen LogP contribution in [-0.4, -0.2) is 49.8 Å². The van der Waals surface area contributed by atoms with E-state index in [1.54, 1.807) is 0 Å². The zero-order valence-electron chi connectivity index (χ0n) is 12.2. The Balaban J connectivity index is 1.90. The summed E-state index contributed by atoms with van der Waals surface area (Å²) in [6.45, 7) is 5.57. The van der Waals surface area contributed by atoms with Gasteiger partial charge in [0.15, 0.2) is 0 Å². The zero-order chi connectivity index (χ0) is 12.8. The second-order valence-corrected chi connectivity index (χ2v) is 5.94. The van der Waals surface area contributed by atoms with Crippen LogP contribution >= 0.6 is 0 Å². The minimum absolute atomic E-state index is 0.568. The van der Waals surface area contributed by atoms with Crippen molar-refractivity contribution in [3.63, 3.8) is 0 Å². The van der Waals surface area contributed by atoms with Gasteiger partial charge in [0.05, 0.1) is 6.61 Å². The van der Waals surface area contributed by atoms with Crippen LogP contribution in [0.3, 0.4) is 0 Å². The molecule has 2 fully saturated rings. The summed E-state index contributed by atoms with van der Waals surface area (Å²) in [4.78, 5) is 2.73. The Hall–Kier alpha value is -0.120. The van der Waals surface area contributed by atoms with Crippen LogP contribution in [0.4, 0.5) is 0 Å². The number of hydrogen-bond donors (Lipinski definition) is 1. The number of nitrogens with zero attached hydrogens (tertiary/aromatic N) is 1. The van der Waals surface area contributed by atoms with E-state index >= 15 is 0 Å². The monoisotopic (exact) mass is 254 g/mol. The van der Waals surface area contributed by atoms with Crippen LogP contribution in [-0.2, 0) is 4.74 Å². The predicted molar refractivity (Wildman–Crippen MR) is 75.9 cm³/mol. The first-order valence-corrected chi connectivity index (χ1v) is 7.83. The highest BCUT2D eigenvalue weighted by Crippen LogP contribution is 2.23. The molecular formula is C15H30N2O. The van der Waals surface area contributed by atoms with Crippen molar-refractivity contribution in [1.82, 2.24) is 10.2 Å². The van der Waals surface area contributed by atoms with Gasteiger partial charge in [0.25, 0.3) is 0 Å². The standard InChI is InChI=1S/C15H30N2O/c1-3-14-7-5-4-6-10-17(14)15(12-18-2)11-16-13-8-9-13/h13-16H,3-12H2,1-2H3. The van der Waals surface area contributed by atoms with Crippen LogP contribution in [0.1, 0.15) is 51.9 Å². The number of rotatable bonds is 7. The molecule has 0 amide bonds. The van der Waals surface area contributed by atoms with Crippen molar-refractivity contribution >= 4 is 0 Å². The first-order chi connectivity index (χ1) is 8.85. The Morgan fingerprint density at radius 3 is 2.72 bits per heavy atom. The molecule has 2 unspecified atom stereocenters. The highest BCUT2D eigenvalue weighted by molar-refractivity contribution is 4.87. The quantitative estimate of drug-likeness (QED) is 0.755. The molecule has 1 N–H and O–H groups in total. The summed E-state index contributed by atoms with van der Waals surface area (Å²) < 4.78 is 5.46. The molecule has 1 aliphatic carbocycles. The summed E-state index contributed by atoms with van der Waals surface area (Å²) in [5.41, 5.74) is 0. The molecule has 3 heteroatoms. The normalized spacial score (nSPS) is 28.0. The third kappa shape index (κ3) is 4.22. The number of nitrogens with one attached hydrogen (secondary N) is 1. The summed E-state index contributed by atoms with van der Waals surface area (Å²) in [7, 11) is 1.84. The van der Waals surface area contributed by atoms with Crippen LogP contribution in [0, 0.1) is 0 Å². The molecule has 0 aromatic heterocycles. The Kier molecular flexibility index (Phi) is 5.93. The number of methoxy groups -OCH3 is 1. The third-order valence-electron chi connectivity index (χ3n) is 4.44. The molecular weight excluding hydrogens is 224 g/mol. The van der Waals surface area contributed by atoms with Crippen molar-refractivity contribution in [2.24, 2.45) is 0 Å². The minimum atomic E-state index is 0.568. The lowest BCUT2D eigenvalue weighted by atomic mass is 10.1. The highest BCUT2D eigenvalue weighted by atomic mass is 16.5. The second-order valence-electron chi connectivity index (χ2n) is 5.94. The van der Waals surface area contributed by atoms with Gasteiger partial charge in [-0.3, -0.25) is 4.90 Å². The lowest BCUT2D eigenvalue weighted by Crippen LogP contribution is -2.50. The molecule has 1 heterocycles. The van der Waals surface area contributed by atoms with Gasteiger partial charge in [0, 0.05) is 31.8 Å². The van der Waals surface area contributed by atoms with E-state index in [9.17, 15) is 0 Å². The number of hydrogen-bond acceptors (Lipinski definition) is 3. The topological polar surface area (TPSA) is 24.5 Å². The maximum atomic E-state index is 5.46. The van der Waals surface area contributed by atoms with Crippen molar-refractivity contribution in [1.29, 1.82) is 0 Å². The fourth-order valence-corrected chi connectivity index (χ4v) is 3.17. The van der Waals surface area contributed by atoms with E-state index in [1.165, 1.54) is 51.5 Å². The van der Waals surface area contributed by atoms with E-state index in [0.717, 1.165) is 25.2 Å². The smallest absolute Gasteiger partial charge is 0.0630 e. The SMILES string of the molecule is CCC1CCCCCN1C(CNC1CC1)COC. The van der Waals surface area contributed by atoms with Gasteiger partial charge in [-0.15, -0.1) is 0 Å². The molecule has 2 rings (SSSR count). The molecule has 3 nitrogen and oxygen atoms in total. The van der Waals surface area contributed by atoms with Crippen molar-refractivity contribution in [3.05, 3.63) is 0 Å². The third-order valence-corrected chi connectivity index (χ3v) is 4.44. The van der Waals surface area contributed by atoms with Crippen LogP contribution in [0.5, 0.6) is 0 Å². The molecule has 18 heavy (non-hydrogen) atoms. The molecule has 1 aliphatic heterocycles. The van der Waals surface area contributed by atoms with E-state index in [1.807, 2.05) is 7.11 Å². The van der Waals surface area contributed by atoms with Gasteiger partial charge in [-0.05, 0) is 38.6 Å². The van der Waals surface area contributed by atoms with Gasteiger partial charge < -0.3 is 10.1 Å². The van der Waals surface area contributed by atoms with Crippen molar-refractivity contribution in [2.45, 2.75) is 70.0 Å². The molecule has 1 saturated carbocycles. The van der Waals surface area contributed by atoms with Crippen molar-refractivity contribution in [2.75, 3.05) is 26.8 Å². The average Bonchev–Trinajstić information content (AvgIpc) is 3.20. The molecule has 0 bridgehead atoms. The van der Waals surface area contributed by atoms with Gasteiger partial charge in [-0.2, -0.15) is 0 Å². The van der Waals surface area contributed by atoms with Gasteiger partial charge in [-0.25, -0.2) is 0 Å². The summed E-state index contributed by atoms with van der Waals surface area (Å²) in [6.07, 6.45) is 9.57. The van der Waals surface area contributed by atoms with E-state index in [0.29, 0.717) is 6.04 Å². The van der Waals surface area contributed by atoms with Crippen LogP contribution in [0.2, 0.25) is 0 Å². The lowest BCUT2D eigenvalue weighted by Gasteiger charge is -2.36. The van der Waals surface area contributed by atoms with Gasteiger partial charge in [-0.1, -0.05) is 19.8 Å². The number of likely N-dealkylation sites (tertiary alicyclic amines) is 1. The fraction of sp³-hybridized carbons (Fsp3) is 1.00. The summed E-state index contributed by atoms with van der Waals surface area (Å²) in [5, 5.41) is 3.68. The van der Waals surface area contributed by atoms with Crippen molar-refractivity contribution in [3.8, 4) is 0 Å². The average molecular weight is 254 g/mol. The molecule has 0 spiro atoms. The van der Waals surface area contributed by atoms with Gasteiger partial charge >= 0.3 is 0 Å². The van der Waals surface area contributed by atoms with E-state index < -0.39 is 0 Å². The van der Waals surface area contributed by atoms with E-state index in [4.69, 9.17) is 4.74 Å². The first kappa shape index (κ1) is 14.3. The Labute approximate surface area is 112 Å². The molecule has 0 aromatic rings. The molecule has 0 aromatic carbocycles. The highest BCUT2D eigenvalue weighted by Gasteiger charge is 2.28. The fourth-order valence-electron chi connectivity index (χ4n) is 3.17. The molecule has 0 radical (unpaired) electrons. The Morgan fingerprint density at radius 1 is 1.22 bits per heavy atom. The molecule has 2 aliphatic rings.